The summed E-state index contributed by atoms with van der Waals surface area (Å²) in [7, 11) is 0. The molecule has 0 fully saturated rings. The van der Waals surface area contributed by atoms with E-state index in [4.69, 9.17) is 0 Å². The van der Waals surface area contributed by atoms with E-state index in [1.165, 1.54) is 0 Å². The van der Waals surface area contributed by atoms with Gasteiger partial charge in [-0.15, -0.1) is 0 Å². The lowest BCUT2D eigenvalue weighted by Crippen LogP contribution is -2.24. The molecule has 0 aromatic carbocycles. The van der Waals surface area contributed by atoms with Crippen LogP contribution in [0.4, 0.5) is 0 Å². The molecule has 8 heteroatoms. The van der Waals surface area contributed by atoms with Crippen molar-refractivity contribution in [1.29, 1.82) is 0 Å². The quantitative estimate of drug-likeness (QED) is 0.427. The van der Waals surface area contributed by atoms with Gasteiger partial charge in [0.15, 0.2) is 10.2 Å². The Morgan fingerprint density at radius 3 is 2.05 bits per heavy atom. The zero-order valence-corrected chi connectivity index (χ0v) is 13.1. The zero-order valence-electron chi connectivity index (χ0n) is 11.5. The van der Waals surface area contributed by atoms with Gasteiger partial charge in [-0.3, -0.25) is 19.2 Å². The third kappa shape index (κ3) is 12.0. The summed E-state index contributed by atoms with van der Waals surface area (Å²) in [6.45, 7) is 2.67. The highest BCUT2D eigenvalue weighted by Crippen LogP contribution is 2.11. The molecule has 0 bridgehead atoms. The number of thioether (sulfide) groups is 2. The fourth-order valence-electron chi connectivity index (χ4n) is 1.11. The second-order valence-electron chi connectivity index (χ2n) is 3.72. The van der Waals surface area contributed by atoms with Crippen molar-refractivity contribution in [3.8, 4) is 0 Å². The average Bonchev–Trinajstić information content (AvgIpc) is 2.45. The maximum atomic E-state index is 11.5. The van der Waals surface area contributed by atoms with Crippen LogP contribution < -0.4 is 10.6 Å². The summed E-state index contributed by atoms with van der Waals surface area (Å²) in [4.78, 5) is 43.8. The molecule has 0 rings (SSSR count). The molecule has 0 atom stereocenters. The Kier molecular flexibility index (Phi) is 12.3. The van der Waals surface area contributed by atoms with E-state index in [1.54, 1.807) is 6.92 Å². The lowest BCUT2D eigenvalue weighted by molar-refractivity contribution is -0.120. The Hall–Kier alpha value is -1.02. The fraction of sp³-hybridized carbons (Fsp3) is 0.667. The van der Waals surface area contributed by atoms with Crippen LogP contribution in [-0.2, 0) is 19.2 Å². The Morgan fingerprint density at radius 1 is 1.00 bits per heavy atom. The van der Waals surface area contributed by atoms with E-state index in [2.05, 4.69) is 10.6 Å². The van der Waals surface area contributed by atoms with Crippen LogP contribution in [0.15, 0.2) is 0 Å². The van der Waals surface area contributed by atoms with Crippen LogP contribution in [-0.4, -0.2) is 47.1 Å². The number of carbonyl (C=O) groups is 4. The van der Waals surface area contributed by atoms with Gasteiger partial charge in [0.25, 0.3) is 0 Å². The van der Waals surface area contributed by atoms with Gasteiger partial charge in [0.1, 0.15) is 0 Å². The van der Waals surface area contributed by atoms with E-state index in [-0.39, 0.29) is 29.0 Å². The van der Waals surface area contributed by atoms with Gasteiger partial charge >= 0.3 is 0 Å². The molecule has 2 amide bonds. The van der Waals surface area contributed by atoms with E-state index in [1.807, 2.05) is 0 Å². The van der Waals surface area contributed by atoms with Crippen molar-refractivity contribution in [2.24, 2.45) is 0 Å². The molecule has 0 aliphatic heterocycles. The summed E-state index contributed by atoms with van der Waals surface area (Å²) < 4.78 is 0. The highest BCUT2D eigenvalue weighted by molar-refractivity contribution is 8.14. The predicted molar refractivity (Wildman–Crippen MR) is 81.5 cm³/mol. The molecule has 114 valence electrons. The van der Waals surface area contributed by atoms with Crippen LogP contribution in [0.3, 0.4) is 0 Å². The van der Waals surface area contributed by atoms with Gasteiger partial charge in [-0.1, -0.05) is 30.4 Å². The number of hydrogen-bond acceptors (Lipinski definition) is 6. The first-order valence-corrected chi connectivity index (χ1v) is 8.32. The number of carbonyl (C=O) groups excluding carboxylic acids is 4. The summed E-state index contributed by atoms with van der Waals surface area (Å²) >= 11 is 2.24. The molecule has 0 radical (unpaired) electrons. The second-order valence-corrected chi connectivity index (χ2v) is 6.02. The minimum Gasteiger partial charge on any atom is -0.358 e. The van der Waals surface area contributed by atoms with Gasteiger partial charge in [-0.2, -0.15) is 0 Å². The van der Waals surface area contributed by atoms with Crippen molar-refractivity contribution in [2.45, 2.75) is 26.2 Å². The number of hydrogen-bond donors (Lipinski definition) is 2. The Morgan fingerprint density at radius 2 is 1.55 bits per heavy atom. The molecule has 6 nitrogen and oxygen atoms in total. The smallest absolute Gasteiger partial charge is 0.219 e. The fourth-order valence-corrected chi connectivity index (χ4v) is 2.48. The Bertz CT molecular complexity index is 337. The van der Waals surface area contributed by atoms with Crippen LogP contribution in [0.25, 0.3) is 0 Å². The van der Waals surface area contributed by atoms with Crippen molar-refractivity contribution in [3.05, 3.63) is 0 Å². The van der Waals surface area contributed by atoms with Crippen LogP contribution in [0.2, 0.25) is 0 Å². The molecule has 0 spiro atoms. The molecule has 0 aromatic heterocycles. The summed E-state index contributed by atoms with van der Waals surface area (Å²) in [5.74, 6) is 1.01. The first kappa shape index (κ1) is 19.0. The molecule has 0 saturated carbocycles. The summed E-state index contributed by atoms with van der Waals surface area (Å²) in [5.41, 5.74) is 0. The largest absolute Gasteiger partial charge is 0.358 e. The van der Waals surface area contributed by atoms with Gasteiger partial charge in [-0.05, 0) is 0 Å². The number of rotatable bonds is 11. The van der Waals surface area contributed by atoms with E-state index in [9.17, 15) is 19.2 Å². The maximum Gasteiger partial charge on any atom is 0.219 e. The third-order valence-electron chi connectivity index (χ3n) is 2.13. The van der Waals surface area contributed by atoms with E-state index < -0.39 is 0 Å². The molecule has 2 N–H and O–H groups in total. The van der Waals surface area contributed by atoms with Gasteiger partial charge < -0.3 is 10.6 Å². The van der Waals surface area contributed by atoms with Crippen molar-refractivity contribution in [3.63, 3.8) is 0 Å². The molecular formula is C12H20N2O4S2. The Balaban J connectivity index is 3.49. The zero-order chi connectivity index (χ0) is 15.2. The highest BCUT2D eigenvalue weighted by atomic mass is 32.2. The molecule has 0 aromatic rings. The van der Waals surface area contributed by atoms with E-state index in [0.29, 0.717) is 37.4 Å². The number of amides is 2. The average molecular weight is 320 g/mol. The van der Waals surface area contributed by atoms with E-state index in [0.717, 1.165) is 23.5 Å². The second kappa shape index (κ2) is 13.0. The lowest BCUT2D eigenvalue weighted by Gasteiger charge is -2.03. The van der Waals surface area contributed by atoms with Gasteiger partial charge in [0.2, 0.25) is 12.3 Å². The van der Waals surface area contributed by atoms with Crippen molar-refractivity contribution in [1.82, 2.24) is 10.6 Å². The van der Waals surface area contributed by atoms with Crippen molar-refractivity contribution in [2.75, 3.05) is 24.6 Å². The molecule has 0 aliphatic carbocycles. The minimum atomic E-state index is -0.0501. The van der Waals surface area contributed by atoms with Gasteiger partial charge in [0, 0.05) is 43.9 Å². The number of nitrogens with one attached hydrogen (secondary N) is 2. The van der Waals surface area contributed by atoms with Gasteiger partial charge in [0.05, 0.1) is 0 Å². The predicted octanol–water partition coefficient (Wildman–Crippen LogP) is 0.558. The monoisotopic (exact) mass is 320 g/mol. The first-order valence-electron chi connectivity index (χ1n) is 6.35. The maximum absolute atomic E-state index is 11.5. The first-order chi connectivity index (χ1) is 9.60. The van der Waals surface area contributed by atoms with Crippen molar-refractivity contribution >= 4 is 46.1 Å². The topological polar surface area (TPSA) is 92.3 Å². The molecule has 0 aliphatic rings. The highest BCUT2D eigenvalue weighted by Gasteiger charge is 2.08. The van der Waals surface area contributed by atoms with Crippen LogP contribution in [0.5, 0.6) is 0 Å². The van der Waals surface area contributed by atoms with E-state index >= 15 is 0 Å². The van der Waals surface area contributed by atoms with Crippen LogP contribution >= 0.6 is 23.5 Å². The van der Waals surface area contributed by atoms with Crippen molar-refractivity contribution < 1.29 is 19.2 Å². The summed E-state index contributed by atoms with van der Waals surface area (Å²) in [6, 6.07) is 0. The SMILES string of the molecule is CCC(=O)NCCSC(=O)CCC(=O)SCCNC=O. The lowest BCUT2D eigenvalue weighted by atomic mass is 10.4. The normalized spacial score (nSPS) is 9.85. The molecule has 0 unspecified atom stereocenters. The Labute approximate surface area is 127 Å². The summed E-state index contributed by atoms with van der Waals surface area (Å²) in [6.07, 6.45) is 1.43. The summed E-state index contributed by atoms with van der Waals surface area (Å²) in [5, 5.41) is 5.04. The third-order valence-corrected chi connectivity index (χ3v) is 4.00. The van der Waals surface area contributed by atoms with Crippen LogP contribution in [0, 0.1) is 0 Å². The van der Waals surface area contributed by atoms with Crippen LogP contribution in [0.1, 0.15) is 26.2 Å². The molecule has 20 heavy (non-hydrogen) atoms. The molecular weight excluding hydrogens is 300 g/mol. The molecule has 0 heterocycles. The standard InChI is InChI=1S/C12H20N2O4S2/c1-2-10(16)14-6-8-20-12(18)4-3-11(17)19-7-5-13-9-15/h9H,2-8H2,1H3,(H,13,15)(H,14,16). The minimum absolute atomic E-state index is 0.0337. The molecule has 0 saturated heterocycles. The van der Waals surface area contributed by atoms with Gasteiger partial charge in [-0.25, -0.2) is 0 Å².